The van der Waals surface area contributed by atoms with Crippen molar-refractivity contribution in [2.24, 2.45) is 5.16 Å². The Kier molecular flexibility index (Phi) is 4.68. The Morgan fingerprint density at radius 3 is 1.94 bits per heavy atom. The Balaban J connectivity index is 4.85. The maximum absolute atomic E-state index is 10.3. The summed E-state index contributed by atoms with van der Waals surface area (Å²) in [6.07, 6.45) is 0.713. The van der Waals surface area contributed by atoms with E-state index in [-0.39, 0.29) is 0 Å². The molecule has 0 aromatic heterocycles. The minimum atomic E-state index is -3.65. The van der Waals surface area contributed by atoms with Crippen molar-refractivity contribution in [2.75, 3.05) is 13.2 Å². The normalized spacial score (nSPS) is 11.5. The number of ether oxygens (including phenoxy) is 1. The van der Waals surface area contributed by atoms with E-state index in [2.05, 4.69) is 9.89 Å². The summed E-state index contributed by atoms with van der Waals surface area (Å²) in [6, 6.07) is 0. The van der Waals surface area contributed by atoms with Gasteiger partial charge in [0.05, 0.1) is 12.8 Å². The number of hydrogen-bond donors (Lipinski definition) is 1. The molecular weight excluding hydrogens is 232 g/mol. The van der Waals surface area contributed by atoms with Crippen LogP contribution in [0.2, 0.25) is 0 Å². The molecule has 0 aromatic carbocycles. The molecule has 90 valence electrons. The van der Waals surface area contributed by atoms with E-state index in [1.54, 1.807) is 0 Å². The fraction of sp³-hybridized carbons (Fsp3) is 0.750. The second-order valence-electron chi connectivity index (χ2n) is 2.36. The first kappa shape index (κ1) is 13.6. The standard InChI is InChI=1S/C4H6N4O8/c9-5-1-2-16-3-4(6(10)11,7(12)13)8(14)15/h1,9H,2-3H2/b5-1+. The molecule has 1 N–H and O–H groups in total. The minimum Gasteiger partial charge on any atom is -0.411 e. The number of rotatable bonds is 7. The van der Waals surface area contributed by atoms with Crippen molar-refractivity contribution in [1.29, 1.82) is 0 Å². The van der Waals surface area contributed by atoms with Gasteiger partial charge in [-0.1, -0.05) is 5.16 Å². The Morgan fingerprint density at radius 1 is 1.19 bits per heavy atom. The topological polar surface area (TPSA) is 171 Å². The van der Waals surface area contributed by atoms with Crippen molar-refractivity contribution in [3.05, 3.63) is 30.3 Å². The second-order valence-corrected chi connectivity index (χ2v) is 2.36. The summed E-state index contributed by atoms with van der Waals surface area (Å²) in [6.45, 7) is -1.92. The summed E-state index contributed by atoms with van der Waals surface area (Å²) in [5, 5.41) is 41.3. The van der Waals surface area contributed by atoms with Gasteiger partial charge in [-0.15, -0.1) is 0 Å². The molecule has 12 heteroatoms. The number of oxime groups is 1. The number of hydrogen-bond acceptors (Lipinski definition) is 9. The van der Waals surface area contributed by atoms with Gasteiger partial charge in [-0.25, -0.2) is 0 Å². The van der Waals surface area contributed by atoms with E-state index in [1.165, 1.54) is 0 Å². The Labute approximate surface area is 86.6 Å². The lowest BCUT2D eigenvalue weighted by Crippen LogP contribution is -2.56. The average Bonchev–Trinajstić information content (AvgIpc) is 2.16. The van der Waals surface area contributed by atoms with Gasteiger partial charge in [0.25, 0.3) is 6.61 Å². The maximum atomic E-state index is 10.3. The van der Waals surface area contributed by atoms with Gasteiger partial charge in [-0.05, 0) is 0 Å². The molecule has 0 aliphatic carbocycles. The molecule has 0 radical (unpaired) electrons. The molecular formula is C4H6N4O8. The molecule has 0 fully saturated rings. The van der Waals surface area contributed by atoms with E-state index in [0.717, 1.165) is 0 Å². The lowest BCUT2D eigenvalue weighted by Gasteiger charge is -2.07. The van der Waals surface area contributed by atoms with E-state index in [1.807, 2.05) is 0 Å². The summed E-state index contributed by atoms with van der Waals surface area (Å²) in [5.41, 5.74) is 0. The predicted molar refractivity (Wildman–Crippen MR) is 44.8 cm³/mol. The van der Waals surface area contributed by atoms with Crippen LogP contribution in [0.15, 0.2) is 5.16 Å². The molecule has 0 atom stereocenters. The fourth-order valence-corrected chi connectivity index (χ4v) is 0.640. The van der Waals surface area contributed by atoms with Gasteiger partial charge in [-0.3, -0.25) is 30.3 Å². The van der Waals surface area contributed by atoms with E-state index in [4.69, 9.17) is 5.21 Å². The lowest BCUT2D eigenvalue weighted by atomic mass is 10.4. The highest BCUT2D eigenvalue weighted by Crippen LogP contribution is 2.12. The average molecular weight is 238 g/mol. The highest BCUT2D eigenvalue weighted by Gasteiger charge is 2.70. The molecule has 0 saturated carbocycles. The minimum absolute atomic E-state index is 0.534. The molecule has 0 unspecified atom stereocenters. The molecule has 0 aromatic rings. The van der Waals surface area contributed by atoms with Crippen LogP contribution in [0.3, 0.4) is 0 Å². The van der Waals surface area contributed by atoms with E-state index >= 15 is 0 Å². The van der Waals surface area contributed by atoms with Crippen LogP contribution in [0, 0.1) is 30.3 Å². The third-order valence-electron chi connectivity index (χ3n) is 1.45. The van der Waals surface area contributed by atoms with E-state index < -0.39 is 33.8 Å². The Hall–Kier alpha value is -2.37. The second kappa shape index (κ2) is 5.50. The van der Waals surface area contributed by atoms with Crippen LogP contribution in [0.5, 0.6) is 0 Å². The molecule has 0 aliphatic rings. The molecule has 0 spiro atoms. The summed E-state index contributed by atoms with van der Waals surface area (Å²) in [5.74, 6) is -3.65. The number of nitrogens with zero attached hydrogens (tertiary/aromatic N) is 4. The van der Waals surface area contributed by atoms with Crippen LogP contribution in [0.25, 0.3) is 0 Å². The molecule has 0 heterocycles. The van der Waals surface area contributed by atoms with Crippen molar-refractivity contribution >= 4 is 6.21 Å². The van der Waals surface area contributed by atoms with Crippen LogP contribution in [0.4, 0.5) is 0 Å². The summed E-state index contributed by atoms with van der Waals surface area (Å²) < 4.78 is 4.29. The number of nitro groups is 3. The van der Waals surface area contributed by atoms with E-state index in [9.17, 15) is 30.3 Å². The fourth-order valence-electron chi connectivity index (χ4n) is 0.640. The van der Waals surface area contributed by atoms with Crippen molar-refractivity contribution in [3.8, 4) is 0 Å². The van der Waals surface area contributed by atoms with Crippen LogP contribution in [-0.2, 0) is 4.74 Å². The lowest BCUT2D eigenvalue weighted by molar-refractivity contribution is -0.970. The largest absolute Gasteiger partial charge is 0.723 e. The molecule has 0 bridgehead atoms. The van der Waals surface area contributed by atoms with Crippen LogP contribution >= 0.6 is 0 Å². The van der Waals surface area contributed by atoms with Gasteiger partial charge in [0.1, 0.15) is 0 Å². The van der Waals surface area contributed by atoms with Crippen LogP contribution in [-0.4, -0.2) is 45.2 Å². The summed E-state index contributed by atoms with van der Waals surface area (Å²) >= 11 is 0. The summed E-state index contributed by atoms with van der Waals surface area (Å²) in [4.78, 5) is 26.0. The first-order chi connectivity index (χ1) is 7.39. The van der Waals surface area contributed by atoms with Crippen molar-refractivity contribution in [1.82, 2.24) is 0 Å². The van der Waals surface area contributed by atoms with Gasteiger partial charge < -0.3 is 9.94 Å². The molecule has 0 aliphatic heterocycles. The third-order valence-corrected chi connectivity index (χ3v) is 1.45. The monoisotopic (exact) mass is 238 g/mol. The highest BCUT2D eigenvalue weighted by atomic mass is 16.7. The third kappa shape index (κ3) is 2.57. The Morgan fingerprint density at radius 2 is 1.62 bits per heavy atom. The van der Waals surface area contributed by atoms with Gasteiger partial charge in [0.2, 0.25) is 0 Å². The molecule has 16 heavy (non-hydrogen) atoms. The smallest absolute Gasteiger partial charge is 0.411 e. The predicted octanol–water partition coefficient (Wildman–Crippen LogP) is -1.05. The molecule has 0 saturated heterocycles. The molecule has 12 nitrogen and oxygen atoms in total. The van der Waals surface area contributed by atoms with Crippen molar-refractivity contribution < 1.29 is 24.7 Å². The zero-order chi connectivity index (χ0) is 12.8. The van der Waals surface area contributed by atoms with E-state index in [0.29, 0.717) is 6.21 Å². The SMILES string of the molecule is O=[N+]([O-])C(COC/C=N/O)([N+](=O)[O-])[N+](=O)[O-]. The quantitative estimate of drug-likeness (QED) is 0.146. The van der Waals surface area contributed by atoms with Crippen LogP contribution < -0.4 is 0 Å². The van der Waals surface area contributed by atoms with Crippen molar-refractivity contribution in [3.63, 3.8) is 0 Å². The zero-order valence-electron chi connectivity index (χ0n) is 7.59. The van der Waals surface area contributed by atoms with Crippen molar-refractivity contribution in [2.45, 2.75) is 5.79 Å². The first-order valence-electron chi connectivity index (χ1n) is 3.56. The molecule has 0 rings (SSSR count). The molecule has 0 amide bonds. The summed E-state index contributed by atoms with van der Waals surface area (Å²) in [7, 11) is 0. The zero-order valence-corrected chi connectivity index (χ0v) is 7.59. The van der Waals surface area contributed by atoms with Gasteiger partial charge >= 0.3 is 5.79 Å². The maximum Gasteiger partial charge on any atom is 0.723 e. The van der Waals surface area contributed by atoms with Crippen LogP contribution in [0.1, 0.15) is 0 Å². The van der Waals surface area contributed by atoms with Gasteiger partial charge in [-0.2, -0.15) is 0 Å². The first-order valence-corrected chi connectivity index (χ1v) is 3.56. The van der Waals surface area contributed by atoms with Gasteiger partial charge in [0.15, 0.2) is 14.8 Å². The van der Waals surface area contributed by atoms with Gasteiger partial charge in [0, 0.05) is 0 Å². The Bertz CT molecular complexity index is 290. The highest BCUT2D eigenvalue weighted by molar-refractivity contribution is 5.57.